The SMILES string of the molecule is Cc1nnsc1C(=O)N1C[C@@H]2CC[C@H](C1)N(Cc1ccccn1)C2=O. The normalized spacial score (nSPS) is 23.0. The average molecular weight is 357 g/mol. The molecule has 2 bridgehead atoms. The molecular weight excluding hydrogens is 338 g/mol. The number of aromatic nitrogens is 3. The first-order valence-corrected chi connectivity index (χ1v) is 9.19. The summed E-state index contributed by atoms with van der Waals surface area (Å²) < 4.78 is 3.86. The van der Waals surface area contributed by atoms with Crippen molar-refractivity contribution in [3.8, 4) is 0 Å². The fourth-order valence-corrected chi connectivity index (χ4v) is 4.28. The molecule has 2 amide bonds. The van der Waals surface area contributed by atoms with Crippen LogP contribution in [0, 0.1) is 12.8 Å². The molecule has 0 spiro atoms. The standard InChI is InChI=1S/C17H19N5O2S/c1-11-15(25-20-19-11)17(24)21-8-12-5-6-14(10-21)22(16(12)23)9-13-4-2-3-7-18-13/h2-4,7,12,14H,5-6,8-10H2,1H3/t12-,14+/m0/s1. The third kappa shape index (κ3) is 3.02. The van der Waals surface area contributed by atoms with Crippen LogP contribution in [0.2, 0.25) is 0 Å². The van der Waals surface area contributed by atoms with Crippen LogP contribution in [0.15, 0.2) is 24.4 Å². The van der Waals surface area contributed by atoms with E-state index in [0.717, 1.165) is 30.1 Å². The lowest BCUT2D eigenvalue weighted by molar-refractivity contribution is -0.140. The number of carbonyl (C=O) groups is 2. The van der Waals surface area contributed by atoms with Gasteiger partial charge in [-0.1, -0.05) is 10.6 Å². The highest BCUT2D eigenvalue weighted by Crippen LogP contribution is 2.31. The van der Waals surface area contributed by atoms with Gasteiger partial charge in [0, 0.05) is 25.3 Å². The van der Waals surface area contributed by atoms with Gasteiger partial charge in [-0.2, -0.15) is 0 Å². The zero-order chi connectivity index (χ0) is 17.4. The Morgan fingerprint density at radius 1 is 1.32 bits per heavy atom. The van der Waals surface area contributed by atoms with Crippen molar-refractivity contribution >= 4 is 23.3 Å². The van der Waals surface area contributed by atoms with Crippen LogP contribution in [-0.2, 0) is 11.3 Å². The van der Waals surface area contributed by atoms with Crippen LogP contribution in [0.3, 0.4) is 0 Å². The van der Waals surface area contributed by atoms with E-state index in [1.165, 1.54) is 0 Å². The maximum Gasteiger partial charge on any atom is 0.267 e. The van der Waals surface area contributed by atoms with Crippen molar-refractivity contribution in [2.24, 2.45) is 5.92 Å². The van der Waals surface area contributed by atoms with E-state index in [4.69, 9.17) is 0 Å². The predicted octanol–water partition coefficient (Wildman–Crippen LogP) is 1.50. The van der Waals surface area contributed by atoms with Gasteiger partial charge in [0.05, 0.1) is 23.9 Å². The summed E-state index contributed by atoms with van der Waals surface area (Å²) in [5, 5.41) is 3.93. The Bertz CT molecular complexity index is 793. The number of amides is 2. The van der Waals surface area contributed by atoms with E-state index in [-0.39, 0.29) is 23.8 Å². The highest BCUT2D eigenvalue weighted by atomic mass is 32.1. The highest BCUT2D eigenvalue weighted by Gasteiger charge is 2.42. The molecule has 3 fully saturated rings. The molecule has 2 aromatic rings. The lowest BCUT2D eigenvalue weighted by atomic mass is 9.94. The molecule has 3 aliphatic rings. The first-order valence-electron chi connectivity index (χ1n) is 8.42. The molecule has 0 aromatic carbocycles. The van der Waals surface area contributed by atoms with Crippen molar-refractivity contribution in [3.63, 3.8) is 0 Å². The van der Waals surface area contributed by atoms with Gasteiger partial charge in [-0.3, -0.25) is 14.6 Å². The first kappa shape index (κ1) is 16.1. The van der Waals surface area contributed by atoms with Gasteiger partial charge in [0.25, 0.3) is 5.91 Å². The minimum atomic E-state index is -0.132. The lowest BCUT2D eigenvalue weighted by Gasteiger charge is -2.35. The van der Waals surface area contributed by atoms with Crippen molar-refractivity contribution < 1.29 is 9.59 Å². The Kier molecular flexibility index (Phi) is 4.20. The molecule has 0 N–H and O–H groups in total. The van der Waals surface area contributed by atoms with Gasteiger partial charge in [-0.15, -0.1) is 5.10 Å². The largest absolute Gasteiger partial charge is 0.335 e. The summed E-state index contributed by atoms with van der Waals surface area (Å²) in [6.45, 7) is 3.33. The second-order valence-electron chi connectivity index (χ2n) is 6.61. The first-order chi connectivity index (χ1) is 12.1. The smallest absolute Gasteiger partial charge is 0.267 e. The van der Waals surface area contributed by atoms with Crippen molar-refractivity contribution in [1.82, 2.24) is 24.4 Å². The van der Waals surface area contributed by atoms with E-state index in [0.29, 0.717) is 30.2 Å². The van der Waals surface area contributed by atoms with E-state index >= 15 is 0 Å². The van der Waals surface area contributed by atoms with Gasteiger partial charge >= 0.3 is 0 Å². The predicted molar refractivity (Wildman–Crippen MR) is 91.8 cm³/mol. The van der Waals surface area contributed by atoms with Crippen molar-refractivity contribution in [3.05, 3.63) is 40.7 Å². The number of fused-ring (bicyclic) bond motifs is 4. The third-order valence-electron chi connectivity index (χ3n) is 4.98. The molecule has 0 unspecified atom stereocenters. The molecular formula is C17H19N5O2S. The molecule has 0 radical (unpaired) electrons. The monoisotopic (exact) mass is 357 g/mol. The quantitative estimate of drug-likeness (QED) is 0.832. The van der Waals surface area contributed by atoms with Gasteiger partial charge in [0.1, 0.15) is 4.88 Å². The molecule has 3 saturated heterocycles. The topological polar surface area (TPSA) is 79.3 Å². The van der Waals surface area contributed by atoms with Crippen LogP contribution >= 0.6 is 11.5 Å². The Labute approximate surface area is 149 Å². The van der Waals surface area contributed by atoms with Gasteiger partial charge in [-0.25, -0.2) is 0 Å². The summed E-state index contributed by atoms with van der Waals surface area (Å²) in [6, 6.07) is 5.77. The number of carbonyl (C=O) groups excluding carboxylic acids is 2. The van der Waals surface area contributed by atoms with Crippen LogP contribution in [0.25, 0.3) is 0 Å². The van der Waals surface area contributed by atoms with Crippen molar-refractivity contribution in [2.75, 3.05) is 13.1 Å². The van der Waals surface area contributed by atoms with Crippen LogP contribution in [0.4, 0.5) is 0 Å². The van der Waals surface area contributed by atoms with Crippen LogP contribution in [0.5, 0.6) is 0 Å². The van der Waals surface area contributed by atoms with E-state index in [1.54, 1.807) is 18.0 Å². The second-order valence-corrected chi connectivity index (χ2v) is 7.37. The number of nitrogens with zero attached hydrogens (tertiary/aromatic N) is 5. The summed E-state index contributed by atoms with van der Waals surface area (Å²) in [6.07, 6.45) is 3.50. The minimum absolute atomic E-state index is 0.0402. The molecule has 5 heterocycles. The third-order valence-corrected chi connectivity index (χ3v) is 5.80. The molecule has 8 heteroatoms. The van der Waals surface area contributed by atoms with Crippen LogP contribution in [0.1, 0.15) is 33.9 Å². The number of rotatable bonds is 3. The van der Waals surface area contributed by atoms with Gasteiger partial charge < -0.3 is 9.80 Å². The summed E-state index contributed by atoms with van der Waals surface area (Å²) in [5.74, 6) is -0.0548. The summed E-state index contributed by atoms with van der Waals surface area (Å²) in [4.78, 5) is 34.3. The second kappa shape index (κ2) is 6.51. The van der Waals surface area contributed by atoms with E-state index in [2.05, 4.69) is 14.6 Å². The molecule has 0 aliphatic carbocycles. The minimum Gasteiger partial charge on any atom is -0.335 e. The summed E-state index contributed by atoms with van der Waals surface area (Å²) >= 11 is 1.12. The molecule has 2 atom stereocenters. The highest BCUT2D eigenvalue weighted by molar-refractivity contribution is 7.07. The molecule has 5 rings (SSSR count). The Balaban J connectivity index is 1.56. The fraction of sp³-hybridized carbons (Fsp3) is 0.471. The molecule has 25 heavy (non-hydrogen) atoms. The maximum atomic E-state index is 12.9. The van der Waals surface area contributed by atoms with E-state index in [9.17, 15) is 9.59 Å². The van der Waals surface area contributed by atoms with Crippen molar-refractivity contribution in [2.45, 2.75) is 32.4 Å². The number of hydrogen-bond acceptors (Lipinski definition) is 6. The Morgan fingerprint density at radius 2 is 2.20 bits per heavy atom. The number of hydrogen-bond donors (Lipinski definition) is 0. The average Bonchev–Trinajstić information content (AvgIpc) is 2.87. The van der Waals surface area contributed by atoms with Gasteiger partial charge in [0.15, 0.2) is 0 Å². The van der Waals surface area contributed by atoms with Gasteiger partial charge in [0.2, 0.25) is 5.91 Å². The summed E-state index contributed by atoms with van der Waals surface area (Å²) in [5.41, 5.74) is 1.53. The number of piperidine rings is 1. The Morgan fingerprint density at radius 3 is 2.92 bits per heavy atom. The molecule has 0 saturated carbocycles. The molecule has 130 valence electrons. The van der Waals surface area contributed by atoms with Crippen LogP contribution in [-0.4, -0.2) is 55.3 Å². The zero-order valence-electron chi connectivity index (χ0n) is 14.0. The lowest BCUT2D eigenvalue weighted by Crippen LogP contribution is -2.47. The van der Waals surface area contributed by atoms with Crippen LogP contribution < -0.4 is 0 Å². The van der Waals surface area contributed by atoms with E-state index < -0.39 is 0 Å². The van der Waals surface area contributed by atoms with Crippen molar-refractivity contribution in [1.29, 1.82) is 0 Å². The Hall–Kier alpha value is -2.35. The molecule has 2 aromatic heterocycles. The zero-order valence-corrected chi connectivity index (χ0v) is 14.8. The maximum absolute atomic E-state index is 12.9. The van der Waals surface area contributed by atoms with Gasteiger partial charge in [-0.05, 0) is 43.4 Å². The molecule has 7 nitrogen and oxygen atoms in total. The summed E-state index contributed by atoms with van der Waals surface area (Å²) in [7, 11) is 0. The van der Waals surface area contributed by atoms with E-state index in [1.807, 2.05) is 23.1 Å². The molecule has 3 aliphatic heterocycles. The number of pyridine rings is 1. The number of aryl methyl sites for hydroxylation is 1. The fourth-order valence-electron chi connectivity index (χ4n) is 3.65.